The molecule has 0 aromatic carbocycles. The third kappa shape index (κ3) is 3.36. The SMILES string of the molecule is CC/C=C(C)/C=C(\C)c1cc(OC)c(C)c(=O)o1. The van der Waals surface area contributed by atoms with E-state index in [-0.39, 0.29) is 5.63 Å². The summed E-state index contributed by atoms with van der Waals surface area (Å²) in [4.78, 5) is 11.6. The van der Waals surface area contributed by atoms with Gasteiger partial charge < -0.3 is 9.15 Å². The molecule has 0 radical (unpaired) electrons. The number of hydrogen-bond acceptors (Lipinski definition) is 3. The van der Waals surface area contributed by atoms with Crippen LogP contribution >= 0.6 is 0 Å². The molecule has 3 heteroatoms. The zero-order valence-corrected chi connectivity index (χ0v) is 11.7. The van der Waals surface area contributed by atoms with Gasteiger partial charge in [0.15, 0.2) is 0 Å². The fraction of sp³-hybridized carbons (Fsp3) is 0.400. The molecule has 0 unspecified atom stereocenters. The minimum absolute atomic E-state index is 0.353. The molecule has 0 aliphatic rings. The number of ether oxygens (including phenoxy) is 1. The predicted octanol–water partition coefficient (Wildman–Crippen LogP) is 3.72. The van der Waals surface area contributed by atoms with Crippen molar-refractivity contribution in [3.8, 4) is 5.75 Å². The van der Waals surface area contributed by atoms with Crippen LogP contribution in [0.2, 0.25) is 0 Å². The maximum Gasteiger partial charge on any atom is 0.342 e. The van der Waals surface area contributed by atoms with Crippen LogP contribution in [-0.4, -0.2) is 7.11 Å². The first-order valence-corrected chi connectivity index (χ1v) is 6.03. The van der Waals surface area contributed by atoms with Crippen LogP contribution < -0.4 is 10.4 Å². The summed E-state index contributed by atoms with van der Waals surface area (Å²) in [6.07, 6.45) is 5.10. The average Bonchev–Trinajstić information content (AvgIpc) is 2.32. The van der Waals surface area contributed by atoms with E-state index in [0.717, 1.165) is 17.6 Å². The smallest absolute Gasteiger partial charge is 0.342 e. The fourth-order valence-electron chi connectivity index (χ4n) is 1.73. The van der Waals surface area contributed by atoms with E-state index >= 15 is 0 Å². The molecular weight excluding hydrogens is 228 g/mol. The summed E-state index contributed by atoms with van der Waals surface area (Å²) in [5, 5.41) is 0. The first-order valence-electron chi connectivity index (χ1n) is 6.03. The summed E-state index contributed by atoms with van der Waals surface area (Å²) in [7, 11) is 1.55. The highest BCUT2D eigenvalue weighted by atomic mass is 16.5. The van der Waals surface area contributed by atoms with Gasteiger partial charge in [0.05, 0.1) is 12.7 Å². The third-order valence-electron chi connectivity index (χ3n) is 2.72. The number of hydrogen-bond donors (Lipinski definition) is 0. The molecule has 18 heavy (non-hydrogen) atoms. The molecule has 3 nitrogen and oxygen atoms in total. The minimum atomic E-state index is -0.353. The van der Waals surface area contributed by atoms with Crippen LogP contribution in [0.25, 0.3) is 5.57 Å². The minimum Gasteiger partial charge on any atom is -0.496 e. The Morgan fingerprint density at radius 2 is 2.11 bits per heavy atom. The standard InChI is InChI=1S/C15H20O3/c1-6-7-10(2)8-11(3)13-9-14(17-5)12(4)15(16)18-13/h7-9H,6H2,1-5H3/b10-7+,11-8+. The maximum atomic E-state index is 11.6. The van der Waals surface area contributed by atoms with Crippen LogP contribution in [0.3, 0.4) is 0 Å². The van der Waals surface area contributed by atoms with Crippen molar-refractivity contribution in [2.24, 2.45) is 0 Å². The van der Waals surface area contributed by atoms with Crippen LogP contribution in [0.4, 0.5) is 0 Å². The molecule has 0 spiro atoms. The Bertz CT molecular complexity index is 533. The molecule has 0 atom stereocenters. The molecule has 0 aliphatic heterocycles. The van der Waals surface area contributed by atoms with Gasteiger partial charge in [-0.05, 0) is 32.8 Å². The molecule has 1 aromatic rings. The quantitative estimate of drug-likeness (QED) is 0.762. The fourth-order valence-corrected chi connectivity index (χ4v) is 1.73. The normalized spacial score (nSPS) is 12.7. The Balaban J connectivity index is 3.22. The van der Waals surface area contributed by atoms with Crippen molar-refractivity contribution >= 4 is 5.57 Å². The highest BCUT2D eigenvalue weighted by Gasteiger charge is 2.09. The Morgan fingerprint density at radius 1 is 1.44 bits per heavy atom. The van der Waals surface area contributed by atoms with E-state index in [1.807, 2.05) is 19.9 Å². The summed E-state index contributed by atoms with van der Waals surface area (Å²) in [6.45, 7) is 7.72. The Hall–Kier alpha value is -1.77. The van der Waals surface area contributed by atoms with Crippen LogP contribution in [0.1, 0.15) is 38.5 Å². The lowest BCUT2D eigenvalue weighted by Gasteiger charge is -2.06. The van der Waals surface area contributed by atoms with E-state index in [0.29, 0.717) is 17.1 Å². The van der Waals surface area contributed by atoms with E-state index in [2.05, 4.69) is 13.0 Å². The van der Waals surface area contributed by atoms with E-state index in [9.17, 15) is 4.79 Å². The molecule has 0 fully saturated rings. The first-order chi connectivity index (χ1) is 8.49. The lowest BCUT2D eigenvalue weighted by molar-refractivity contribution is 0.395. The summed E-state index contributed by atoms with van der Waals surface area (Å²) < 4.78 is 10.4. The van der Waals surface area contributed by atoms with Gasteiger partial charge in [0.2, 0.25) is 0 Å². The average molecular weight is 248 g/mol. The molecule has 1 aromatic heterocycles. The van der Waals surface area contributed by atoms with E-state index in [4.69, 9.17) is 9.15 Å². The molecule has 0 saturated carbocycles. The summed E-state index contributed by atoms with van der Waals surface area (Å²) in [5.41, 5.74) is 2.20. The predicted molar refractivity (Wildman–Crippen MR) is 74.0 cm³/mol. The van der Waals surface area contributed by atoms with Gasteiger partial charge in [0.1, 0.15) is 11.5 Å². The molecule has 0 bridgehead atoms. The van der Waals surface area contributed by atoms with Gasteiger partial charge in [0, 0.05) is 6.07 Å². The van der Waals surface area contributed by atoms with Gasteiger partial charge in [-0.2, -0.15) is 0 Å². The van der Waals surface area contributed by atoms with Crippen LogP contribution in [0, 0.1) is 6.92 Å². The lowest BCUT2D eigenvalue weighted by Crippen LogP contribution is -2.06. The highest BCUT2D eigenvalue weighted by molar-refractivity contribution is 5.63. The van der Waals surface area contributed by atoms with Gasteiger partial charge in [-0.25, -0.2) is 4.79 Å². The van der Waals surface area contributed by atoms with Gasteiger partial charge in [-0.1, -0.05) is 24.6 Å². The van der Waals surface area contributed by atoms with Crippen molar-refractivity contribution in [2.75, 3.05) is 7.11 Å². The van der Waals surface area contributed by atoms with Crippen molar-refractivity contribution in [3.05, 3.63) is 45.5 Å². The second-order valence-corrected chi connectivity index (χ2v) is 4.28. The second-order valence-electron chi connectivity index (χ2n) is 4.28. The Kier molecular flexibility index (Phi) is 4.95. The zero-order valence-electron chi connectivity index (χ0n) is 11.7. The van der Waals surface area contributed by atoms with Gasteiger partial charge >= 0.3 is 5.63 Å². The zero-order chi connectivity index (χ0) is 13.7. The molecule has 1 rings (SSSR count). The summed E-state index contributed by atoms with van der Waals surface area (Å²) in [5.74, 6) is 1.11. The molecule has 0 aliphatic carbocycles. The van der Waals surface area contributed by atoms with E-state index in [1.165, 1.54) is 0 Å². The topological polar surface area (TPSA) is 39.4 Å². The third-order valence-corrected chi connectivity index (χ3v) is 2.72. The Morgan fingerprint density at radius 3 is 2.67 bits per heavy atom. The van der Waals surface area contributed by atoms with E-state index < -0.39 is 0 Å². The van der Waals surface area contributed by atoms with Crippen molar-refractivity contribution in [2.45, 2.75) is 34.1 Å². The van der Waals surface area contributed by atoms with Gasteiger partial charge in [0.25, 0.3) is 0 Å². The number of rotatable bonds is 4. The molecular formula is C15H20O3. The van der Waals surface area contributed by atoms with Crippen molar-refractivity contribution < 1.29 is 9.15 Å². The molecule has 0 N–H and O–H groups in total. The van der Waals surface area contributed by atoms with E-state index in [1.54, 1.807) is 20.1 Å². The number of methoxy groups -OCH3 is 1. The van der Waals surface area contributed by atoms with Gasteiger partial charge in [-0.3, -0.25) is 0 Å². The molecule has 0 saturated heterocycles. The van der Waals surface area contributed by atoms with Gasteiger partial charge in [-0.15, -0.1) is 0 Å². The van der Waals surface area contributed by atoms with Crippen LogP contribution in [-0.2, 0) is 0 Å². The number of allylic oxidation sites excluding steroid dienone is 4. The highest BCUT2D eigenvalue weighted by Crippen LogP contribution is 2.21. The first kappa shape index (κ1) is 14.3. The van der Waals surface area contributed by atoms with Crippen LogP contribution in [0.5, 0.6) is 5.75 Å². The molecule has 1 heterocycles. The summed E-state index contributed by atoms with van der Waals surface area (Å²) in [6, 6.07) is 1.75. The summed E-state index contributed by atoms with van der Waals surface area (Å²) >= 11 is 0. The molecule has 0 amide bonds. The van der Waals surface area contributed by atoms with Crippen molar-refractivity contribution in [1.29, 1.82) is 0 Å². The maximum absolute atomic E-state index is 11.6. The largest absolute Gasteiger partial charge is 0.496 e. The second kappa shape index (κ2) is 6.24. The van der Waals surface area contributed by atoms with Crippen molar-refractivity contribution in [1.82, 2.24) is 0 Å². The monoisotopic (exact) mass is 248 g/mol. The van der Waals surface area contributed by atoms with Crippen molar-refractivity contribution in [3.63, 3.8) is 0 Å². The Labute approximate surface area is 108 Å². The lowest BCUT2D eigenvalue weighted by atomic mass is 10.1. The van der Waals surface area contributed by atoms with Crippen LogP contribution in [0.15, 0.2) is 33.0 Å². The molecule has 98 valence electrons.